The van der Waals surface area contributed by atoms with Crippen molar-refractivity contribution in [3.63, 3.8) is 0 Å². The summed E-state index contributed by atoms with van der Waals surface area (Å²) >= 11 is 0. The molecule has 1 heterocycles. The van der Waals surface area contributed by atoms with Gasteiger partial charge in [0.25, 0.3) is 0 Å². The molecule has 0 aliphatic heterocycles. The largest absolute Gasteiger partial charge is 0.384 e. The van der Waals surface area contributed by atoms with Crippen LogP contribution in [-0.2, 0) is 14.8 Å². The number of likely N-dealkylation sites (N-methyl/N-ethyl adjacent to an activating group) is 1. The molecule has 0 fully saturated rings. The van der Waals surface area contributed by atoms with Gasteiger partial charge in [-0.2, -0.15) is 0 Å². The van der Waals surface area contributed by atoms with Gasteiger partial charge in [0.2, 0.25) is 15.9 Å². The van der Waals surface area contributed by atoms with Crippen LogP contribution in [0, 0.1) is 11.8 Å². The number of hydrogen-bond donors (Lipinski definition) is 2. The van der Waals surface area contributed by atoms with Gasteiger partial charge >= 0.3 is 0 Å². The maximum absolute atomic E-state index is 12.1. The van der Waals surface area contributed by atoms with Crippen molar-refractivity contribution in [1.82, 2.24) is 14.6 Å². The summed E-state index contributed by atoms with van der Waals surface area (Å²) in [5, 5.41) is 8.61. The van der Waals surface area contributed by atoms with E-state index in [1.807, 2.05) is 0 Å². The zero-order valence-electron chi connectivity index (χ0n) is 11.8. The van der Waals surface area contributed by atoms with Gasteiger partial charge in [0.05, 0.1) is 6.54 Å². The minimum Gasteiger partial charge on any atom is -0.384 e. The lowest BCUT2D eigenvalue weighted by Crippen LogP contribution is -2.38. The Morgan fingerprint density at radius 3 is 2.81 bits per heavy atom. The molecule has 0 aromatic carbocycles. The third kappa shape index (κ3) is 5.15. The molecule has 0 spiro atoms. The van der Waals surface area contributed by atoms with Crippen molar-refractivity contribution in [2.24, 2.45) is 0 Å². The van der Waals surface area contributed by atoms with Gasteiger partial charge in [-0.3, -0.25) is 9.78 Å². The number of nitrogens with one attached hydrogen (secondary N) is 1. The van der Waals surface area contributed by atoms with Crippen LogP contribution in [0.2, 0.25) is 0 Å². The van der Waals surface area contributed by atoms with E-state index in [0.29, 0.717) is 12.1 Å². The van der Waals surface area contributed by atoms with Gasteiger partial charge in [0.1, 0.15) is 11.5 Å². The van der Waals surface area contributed by atoms with Gasteiger partial charge < -0.3 is 10.0 Å². The molecule has 0 bridgehead atoms. The number of pyridine rings is 1. The molecule has 2 N–H and O–H groups in total. The van der Waals surface area contributed by atoms with Crippen molar-refractivity contribution in [3.8, 4) is 11.8 Å². The van der Waals surface area contributed by atoms with Gasteiger partial charge in [-0.05, 0) is 13.0 Å². The average Bonchev–Trinajstić information content (AvgIpc) is 2.50. The average molecular weight is 311 g/mol. The first-order chi connectivity index (χ1) is 9.90. The Kier molecular flexibility index (Phi) is 6.30. The third-order valence-corrected chi connectivity index (χ3v) is 4.02. The first-order valence-electron chi connectivity index (χ1n) is 6.19. The molecule has 0 atom stereocenters. The van der Waals surface area contributed by atoms with Crippen LogP contribution < -0.4 is 4.72 Å². The summed E-state index contributed by atoms with van der Waals surface area (Å²) in [6, 6.07) is 1.33. The number of amides is 1. The quantitative estimate of drug-likeness (QED) is 0.692. The number of aliphatic hydroxyl groups excluding tert-OH is 1. The number of rotatable bonds is 5. The predicted octanol–water partition coefficient (Wildman–Crippen LogP) is -0.818. The number of aliphatic hydroxyl groups is 1. The van der Waals surface area contributed by atoms with Crippen LogP contribution >= 0.6 is 0 Å². The van der Waals surface area contributed by atoms with Gasteiger partial charge in [0.15, 0.2) is 0 Å². The van der Waals surface area contributed by atoms with Crippen LogP contribution in [0.5, 0.6) is 0 Å². The lowest BCUT2D eigenvalue weighted by Gasteiger charge is -2.14. The summed E-state index contributed by atoms with van der Waals surface area (Å²) in [5.74, 6) is 4.65. The van der Waals surface area contributed by atoms with Crippen molar-refractivity contribution in [1.29, 1.82) is 0 Å². The fourth-order valence-electron chi connectivity index (χ4n) is 1.33. The molecule has 114 valence electrons. The normalized spacial score (nSPS) is 10.6. The van der Waals surface area contributed by atoms with E-state index >= 15 is 0 Å². The number of aromatic nitrogens is 1. The second-order valence-electron chi connectivity index (χ2n) is 4.10. The maximum atomic E-state index is 12.1. The van der Waals surface area contributed by atoms with E-state index in [-0.39, 0.29) is 24.0 Å². The van der Waals surface area contributed by atoms with Crippen molar-refractivity contribution >= 4 is 15.9 Å². The number of nitrogens with zero attached hydrogens (tertiary/aromatic N) is 2. The molecular formula is C13H17N3O4S. The van der Waals surface area contributed by atoms with Crippen LogP contribution in [-0.4, -0.2) is 56.1 Å². The molecule has 0 saturated carbocycles. The Bertz CT molecular complexity index is 661. The smallest absolute Gasteiger partial charge is 0.242 e. The Balaban J connectivity index is 2.86. The van der Waals surface area contributed by atoms with Crippen LogP contribution in [0.3, 0.4) is 0 Å². The van der Waals surface area contributed by atoms with E-state index in [1.165, 1.54) is 23.4 Å². The monoisotopic (exact) mass is 311 g/mol. The molecule has 0 radical (unpaired) electrons. The van der Waals surface area contributed by atoms with E-state index in [0.717, 1.165) is 0 Å². The molecule has 0 unspecified atom stereocenters. The van der Waals surface area contributed by atoms with Crippen LogP contribution in [0.4, 0.5) is 0 Å². The first kappa shape index (κ1) is 17.1. The SMILES string of the molecule is CCN(C)C(=O)CNS(=O)(=O)c1cncc(C#CCO)c1. The molecule has 0 aliphatic carbocycles. The van der Waals surface area contributed by atoms with Crippen LogP contribution in [0.25, 0.3) is 0 Å². The minimum atomic E-state index is -3.83. The molecule has 21 heavy (non-hydrogen) atoms. The summed E-state index contributed by atoms with van der Waals surface area (Å²) in [6.07, 6.45) is 2.55. The zero-order valence-corrected chi connectivity index (χ0v) is 12.6. The highest BCUT2D eigenvalue weighted by molar-refractivity contribution is 7.89. The Labute approximate surface area is 124 Å². The summed E-state index contributed by atoms with van der Waals surface area (Å²) in [4.78, 5) is 16.7. The lowest BCUT2D eigenvalue weighted by molar-refractivity contribution is -0.128. The van der Waals surface area contributed by atoms with E-state index in [1.54, 1.807) is 14.0 Å². The molecular weight excluding hydrogens is 294 g/mol. The molecule has 8 heteroatoms. The molecule has 1 aromatic rings. The van der Waals surface area contributed by atoms with Gasteiger partial charge in [0, 0.05) is 31.5 Å². The first-order valence-corrected chi connectivity index (χ1v) is 7.67. The molecule has 1 aromatic heterocycles. The van der Waals surface area contributed by atoms with Crippen molar-refractivity contribution in [2.45, 2.75) is 11.8 Å². The summed E-state index contributed by atoms with van der Waals surface area (Å²) in [6.45, 7) is 1.64. The number of carbonyl (C=O) groups is 1. The molecule has 0 saturated heterocycles. The van der Waals surface area contributed by atoms with Gasteiger partial charge in [-0.1, -0.05) is 11.8 Å². The van der Waals surface area contributed by atoms with Gasteiger partial charge in [-0.15, -0.1) is 0 Å². The fraction of sp³-hybridized carbons (Fsp3) is 0.385. The number of carbonyl (C=O) groups excluding carboxylic acids is 1. The van der Waals surface area contributed by atoms with Gasteiger partial charge in [-0.25, -0.2) is 13.1 Å². The van der Waals surface area contributed by atoms with E-state index in [4.69, 9.17) is 5.11 Å². The highest BCUT2D eigenvalue weighted by Crippen LogP contribution is 2.08. The Morgan fingerprint density at radius 2 is 2.19 bits per heavy atom. The minimum absolute atomic E-state index is 0.0841. The molecule has 1 amide bonds. The highest BCUT2D eigenvalue weighted by atomic mass is 32.2. The molecule has 0 aliphatic rings. The fourth-order valence-corrected chi connectivity index (χ4v) is 2.29. The standard InChI is InChI=1S/C13H17N3O4S/c1-3-16(2)13(18)10-15-21(19,20)12-7-11(5-4-6-17)8-14-9-12/h7-9,15,17H,3,6,10H2,1-2H3. The lowest BCUT2D eigenvalue weighted by atomic mass is 10.3. The predicted molar refractivity (Wildman–Crippen MR) is 76.7 cm³/mol. The molecule has 7 nitrogen and oxygen atoms in total. The number of hydrogen-bond acceptors (Lipinski definition) is 5. The third-order valence-electron chi connectivity index (χ3n) is 2.65. The molecule has 1 rings (SSSR count). The van der Waals surface area contributed by atoms with Crippen molar-refractivity contribution in [2.75, 3.05) is 26.7 Å². The summed E-state index contributed by atoms with van der Waals surface area (Å²) < 4.78 is 26.3. The second-order valence-corrected chi connectivity index (χ2v) is 5.87. The van der Waals surface area contributed by atoms with Crippen molar-refractivity contribution in [3.05, 3.63) is 24.0 Å². The second kappa shape index (κ2) is 7.73. The van der Waals surface area contributed by atoms with Crippen molar-refractivity contribution < 1.29 is 18.3 Å². The number of sulfonamides is 1. The summed E-state index contributed by atoms with van der Waals surface area (Å²) in [5.41, 5.74) is 0.365. The maximum Gasteiger partial charge on any atom is 0.242 e. The zero-order chi connectivity index (χ0) is 15.9. The van der Waals surface area contributed by atoms with E-state index in [2.05, 4.69) is 21.5 Å². The van der Waals surface area contributed by atoms with E-state index in [9.17, 15) is 13.2 Å². The highest BCUT2D eigenvalue weighted by Gasteiger charge is 2.17. The van der Waals surface area contributed by atoms with Crippen LogP contribution in [0.1, 0.15) is 12.5 Å². The Morgan fingerprint density at radius 1 is 1.48 bits per heavy atom. The Hall–Kier alpha value is -1.95. The topological polar surface area (TPSA) is 99.6 Å². The van der Waals surface area contributed by atoms with E-state index < -0.39 is 10.0 Å². The van der Waals surface area contributed by atoms with Crippen LogP contribution in [0.15, 0.2) is 23.4 Å². The summed E-state index contributed by atoms with van der Waals surface area (Å²) in [7, 11) is -2.25.